The Balaban J connectivity index is 1.54. The molecule has 0 aliphatic carbocycles. The highest BCUT2D eigenvalue weighted by Crippen LogP contribution is 2.28. The quantitative estimate of drug-likeness (QED) is 0.718. The first kappa shape index (κ1) is 21.9. The Morgan fingerprint density at radius 1 is 1.14 bits per heavy atom. The highest BCUT2D eigenvalue weighted by Gasteiger charge is 2.29. The Morgan fingerprint density at radius 2 is 1.79 bits per heavy atom. The summed E-state index contributed by atoms with van der Waals surface area (Å²) in [7, 11) is -3.57. The fraction of sp³-hybridized carbons (Fsp3) is 0.350. The first-order valence-electron chi connectivity index (χ1n) is 9.24. The molecule has 0 bridgehead atoms. The molecule has 1 atom stereocenters. The van der Waals surface area contributed by atoms with Crippen LogP contribution in [0.1, 0.15) is 19.8 Å². The van der Waals surface area contributed by atoms with E-state index in [4.69, 9.17) is 27.9 Å². The van der Waals surface area contributed by atoms with E-state index in [0.29, 0.717) is 41.7 Å². The molecule has 156 valence electrons. The van der Waals surface area contributed by atoms with Gasteiger partial charge in [-0.1, -0.05) is 41.4 Å². The van der Waals surface area contributed by atoms with Crippen LogP contribution in [0.15, 0.2) is 53.4 Å². The molecule has 0 saturated carbocycles. The van der Waals surface area contributed by atoms with Crippen molar-refractivity contribution in [2.75, 3.05) is 13.1 Å². The van der Waals surface area contributed by atoms with Crippen LogP contribution in [0.4, 0.5) is 0 Å². The van der Waals surface area contributed by atoms with Gasteiger partial charge in [-0.3, -0.25) is 4.79 Å². The summed E-state index contributed by atoms with van der Waals surface area (Å²) >= 11 is 12.0. The zero-order valence-corrected chi connectivity index (χ0v) is 18.2. The molecule has 1 heterocycles. The number of benzene rings is 2. The second-order valence-corrected chi connectivity index (χ2v) is 9.43. The number of carbonyl (C=O) groups excluding carboxylic acids is 1. The van der Waals surface area contributed by atoms with Gasteiger partial charge in [0.1, 0.15) is 5.75 Å². The maximum absolute atomic E-state index is 12.7. The molecular formula is C20H22Cl2N2O4S. The average Bonchev–Trinajstić information content (AvgIpc) is 2.70. The lowest BCUT2D eigenvalue weighted by Gasteiger charge is -2.33. The van der Waals surface area contributed by atoms with E-state index >= 15 is 0 Å². The molecule has 1 fully saturated rings. The number of rotatable bonds is 6. The molecule has 1 aliphatic rings. The summed E-state index contributed by atoms with van der Waals surface area (Å²) in [5.74, 6) is 0.225. The van der Waals surface area contributed by atoms with Gasteiger partial charge in [-0.05, 0) is 50.1 Å². The summed E-state index contributed by atoms with van der Waals surface area (Å²) < 4.78 is 33.3. The molecule has 3 rings (SSSR count). The van der Waals surface area contributed by atoms with Gasteiger partial charge in [-0.2, -0.15) is 0 Å². The van der Waals surface area contributed by atoms with Crippen molar-refractivity contribution in [1.82, 2.24) is 9.62 Å². The number of hydrogen-bond acceptors (Lipinski definition) is 4. The van der Waals surface area contributed by atoms with E-state index in [2.05, 4.69) is 4.72 Å². The number of likely N-dealkylation sites (tertiary alicyclic amines) is 1. The maximum atomic E-state index is 12.7. The zero-order valence-electron chi connectivity index (χ0n) is 15.8. The number of carbonyl (C=O) groups is 1. The molecule has 6 nitrogen and oxygen atoms in total. The van der Waals surface area contributed by atoms with Crippen molar-refractivity contribution in [3.63, 3.8) is 0 Å². The third-order valence-corrected chi connectivity index (χ3v) is 6.79. The average molecular weight is 457 g/mol. The fourth-order valence-electron chi connectivity index (χ4n) is 3.17. The molecule has 1 N–H and O–H groups in total. The van der Waals surface area contributed by atoms with Crippen LogP contribution < -0.4 is 9.46 Å². The number of nitrogens with one attached hydrogen (secondary N) is 1. The monoisotopic (exact) mass is 456 g/mol. The molecule has 1 saturated heterocycles. The number of piperidine rings is 1. The van der Waals surface area contributed by atoms with Crippen molar-refractivity contribution in [3.8, 4) is 5.75 Å². The predicted molar refractivity (Wildman–Crippen MR) is 113 cm³/mol. The molecule has 1 amide bonds. The van der Waals surface area contributed by atoms with Crippen molar-refractivity contribution >= 4 is 39.1 Å². The number of sulfonamides is 1. The van der Waals surface area contributed by atoms with Crippen LogP contribution >= 0.6 is 23.2 Å². The molecular weight excluding hydrogens is 435 g/mol. The van der Waals surface area contributed by atoms with Crippen LogP contribution in [-0.2, 0) is 14.8 Å². The van der Waals surface area contributed by atoms with Crippen LogP contribution in [0.3, 0.4) is 0 Å². The predicted octanol–water partition coefficient (Wildman–Crippen LogP) is 3.73. The molecule has 2 aromatic rings. The van der Waals surface area contributed by atoms with Crippen LogP contribution in [0.5, 0.6) is 5.75 Å². The molecule has 29 heavy (non-hydrogen) atoms. The van der Waals surface area contributed by atoms with Crippen LogP contribution in [0, 0.1) is 0 Å². The molecule has 9 heteroatoms. The summed E-state index contributed by atoms with van der Waals surface area (Å²) in [5.41, 5.74) is 0. The third kappa shape index (κ3) is 5.63. The Bertz CT molecular complexity index is 962. The molecule has 0 spiro atoms. The number of amides is 1. The fourth-order valence-corrected chi connectivity index (χ4v) is 4.95. The zero-order chi connectivity index (χ0) is 21.0. The topological polar surface area (TPSA) is 75.7 Å². The van der Waals surface area contributed by atoms with E-state index in [1.165, 1.54) is 0 Å². The minimum atomic E-state index is -3.57. The van der Waals surface area contributed by atoms with Crippen LogP contribution in [0.2, 0.25) is 10.0 Å². The first-order valence-corrected chi connectivity index (χ1v) is 11.5. The molecule has 1 unspecified atom stereocenters. The van der Waals surface area contributed by atoms with Gasteiger partial charge >= 0.3 is 0 Å². The van der Waals surface area contributed by atoms with Gasteiger partial charge in [0, 0.05) is 24.2 Å². The number of nitrogens with zero attached hydrogens (tertiary/aromatic N) is 1. The number of ether oxygens (including phenoxy) is 1. The summed E-state index contributed by atoms with van der Waals surface area (Å²) in [5, 5.41) is 0.826. The van der Waals surface area contributed by atoms with E-state index in [1.807, 2.05) is 0 Å². The second kappa shape index (κ2) is 9.34. The normalized spacial score (nSPS) is 16.4. The van der Waals surface area contributed by atoms with Crippen LogP contribution in [-0.4, -0.2) is 44.5 Å². The largest absolute Gasteiger partial charge is 0.479 e. The van der Waals surface area contributed by atoms with E-state index in [0.717, 1.165) is 0 Å². The minimum absolute atomic E-state index is 0.166. The maximum Gasteiger partial charge on any atom is 0.263 e. The summed E-state index contributed by atoms with van der Waals surface area (Å²) in [4.78, 5) is 14.6. The second-order valence-electron chi connectivity index (χ2n) is 6.87. The van der Waals surface area contributed by atoms with Crippen molar-refractivity contribution in [3.05, 3.63) is 58.6 Å². The van der Waals surface area contributed by atoms with Gasteiger partial charge in [0.05, 0.1) is 9.92 Å². The van der Waals surface area contributed by atoms with Gasteiger partial charge in [0.2, 0.25) is 10.0 Å². The standard InChI is InChI=1S/C20H22Cl2N2O4S/c1-14(28-19-8-7-15(21)13-18(19)22)20(25)24-11-9-16(10-12-24)23-29(26,27)17-5-3-2-4-6-17/h2-8,13-14,16,23H,9-12H2,1H3. The lowest BCUT2D eigenvalue weighted by Crippen LogP contribution is -2.49. The highest BCUT2D eigenvalue weighted by atomic mass is 35.5. The molecule has 0 radical (unpaired) electrons. The van der Waals surface area contributed by atoms with Gasteiger partial charge in [0.25, 0.3) is 5.91 Å². The number of halogens is 2. The SMILES string of the molecule is CC(Oc1ccc(Cl)cc1Cl)C(=O)N1CCC(NS(=O)(=O)c2ccccc2)CC1. The van der Waals surface area contributed by atoms with E-state index in [9.17, 15) is 13.2 Å². The van der Waals surface area contributed by atoms with Gasteiger partial charge in [-0.25, -0.2) is 13.1 Å². The summed E-state index contributed by atoms with van der Waals surface area (Å²) in [6.45, 7) is 2.56. The summed E-state index contributed by atoms with van der Waals surface area (Å²) in [6.07, 6.45) is 0.351. The Kier molecular flexibility index (Phi) is 7.05. The highest BCUT2D eigenvalue weighted by molar-refractivity contribution is 7.89. The van der Waals surface area contributed by atoms with E-state index < -0.39 is 16.1 Å². The van der Waals surface area contributed by atoms with Gasteiger partial charge < -0.3 is 9.64 Å². The molecule has 0 aromatic heterocycles. The number of hydrogen-bond donors (Lipinski definition) is 1. The molecule has 2 aromatic carbocycles. The minimum Gasteiger partial charge on any atom is -0.479 e. The summed E-state index contributed by atoms with van der Waals surface area (Å²) in [6, 6.07) is 12.9. The van der Waals surface area contributed by atoms with Crippen molar-refractivity contribution < 1.29 is 17.9 Å². The van der Waals surface area contributed by atoms with Crippen molar-refractivity contribution in [2.45, 2.75) is 36.8 Å². The third-order valence-electron chi connectivity index (χ3n) is 4.73. The van der Waals surface area contributed by atoms with Crippen molar-refractivity contribution in [2.24, 2.45) is 0 Å². The Hall–Kier alpha value is -1.80. The van der Waals surface area contributed by atoms with Gasteiger partial charge in [-0.15, -0.1) is 0 Å². The van der Waals surface area contributed by atoms with Crippen LogP contribution in [0.25, 0.3) is 0 Å². The van der Waals surface area contributed by atoms with E-state index in [1.54, 1.807) is 60.4 Å². The molecule has 1 aliphatic heterocycles. The van der Waals surface area contributed by atoms with Gasteiger partial charge in [0.15, 0.2) is 6.10 Å². The smallest absolute Gasteiger partial charge is 0.263 e. The van der Waals surface area contributed by atoms with E-state index in [-0.39, 0.29) is 16.8 Å². The van der Waals surface area contributed by atoms with Crippen molar-refractivity contribution in [1.29, 1.82) is 0 Å². The Labute approximate surface area is 180 Å². The lowest BCUT2D eigenvalue weighted by atomic mass is 10.1. The Morgan fingerprint density at radius 3 is 2.41 bits per heavy atom. The first-order chi connectivity index (χ1) is 13.8. The lowest BCUT2D eigenvalue weighted by molar-refractivity contribution is -0.139.